The summed E-state index contributed by atoms with van der Waals surface area (Å²) in [6.07, 6.45) is 0. The van der Waals surface area contributed by atoms with E-state index in [0.717, 1.165) is 5.69 Å². The first-order valence-corrected chi connectivity index (χ1v) is 7.79. The lowest BCUT2D eigenvalue weighted by atomic mass is 9.92. The lowest BCUT2D eigenvalue weighted by Crippen LogP contribution is -2.24. The van der Waals surface area contributed by atoms with Crippen LogP contribution in [0.1, 0.15) is 26.5 Å². The van der Waals surface area contributed by atoms with Gasteiger partial charge in [-0.25, -0.2) is 4.98 Å². The molecule has 3 nitrogen and oxygen atoms in total. The Labute approximate surface area is 140 Å². The third-order valence-corrected chi connectivity index (χ3v) is 4.15. The Hall–Kier alpha value is -0.590. The van der Waals surface area contributed by atoms with Crippen LogP contribution in [0.2, 0.25) is 10.0 Å². The Kier molecular flexibility index (Phi) is 4.47. The molecule has 0 amide bonds. The average Bonchev–Trinajstić information content (AvgIpc) is 2.29. The van der Waals surface area contributed by atoms with Crippen LogP contribution in [0.5, 0.6) is 0 Å². The van der Waals surface area contributed by atoms with Crippen LogP contribution >= 0.6 is 45.8 Å². The molecule has 0 bridgehead atoms. The molecule has 0 spiro atoms. The van der Waals surface area contributed by atoms with Crippen molar-refractivity contribution in [3.63, 3.8) is 0 Å². The molecule has 0 atom stereocenters. The number of H-pyrrole nitrogens is 1. The van der Waals surface area contributed by atoms with E-state index in [-0.39, 0.29) is 11.0 Å². The van der Waals surface area contributed by atoms with Gasteiger partial charge in [-0.3, -0.25) is 4.79 Å². The van der Waals surface area contributed by atoms with Crippen molar-refractivity contribution in [2.75, 3.05) is 0 Å². The topological polar surface area (TPSA) is 45.8 Å². The van der Waals surface area contributed by atoms with Gasteiger partial charge in [-0.1, -0.05) is 44.0 Å². The van der Waals surface area contributed by atoms with Gasteiger partial charge in [0.05, 0.1) is 5.69 Å². The number of benzene rings is 1. The van der Waals surface area contributed by atoms with E-state index in [1.54, 1.807) is 18.2 Å². The zero-order valence-corrected chi connectivity index (χ0v) is 14.9. The third kappa shape index (κ3) is 3.35. The third-order valence-electron chi connectivity index (χ3n) is 2.71. The van der Waals surface area contributed by atoms with Crippen molar-refractivity contribution in [3.8, 4) is 11.4 Å². The zero-order chi connectivity index (χ0) is 15.1. The van der Waals surface area contributed by atoms with Gasteiger partial charge in [-0.05, 0) is 40.8 Å². The van der Waals surface area contributed by atoms with Gasteiger partial charge in [-0.15, -0.1) is 0 Å². The Morgan fingerprint density at radius 2 is 1.70 bits per heavy atom. The van der Waals surface area contributed by atoms with Gasteiger partial charge < -0.3 is 4.98 Å². The molecule has 2 rings (SSSR count). The normalized spacial score (nSPS) is 11.7. The molecule has 0 aliphatic carbocycles. The SMILES string of the molecule is CC(C)(C)c1nc(-c2cc(Cl)cc(Cl)c2)[nH]c(=O)c1I. The minimum absolute atomic E-state index is 0.156. The fourth-order valence-corrected chi connectivity index (χ4v) is 3.37. The molecule has 0 fully saturated rings. The van der Waals surface area contributed by atoms with Crippen LogP contribution in [0, 0.1) is 3.57 Å². The molecule has 2 aromatic rings. The number of nitrogens with zero attached hydrogens (tertiary/aromatic N) is 1. The highest BCUT2D eigenvalue weighted by molar-refractivity contribution is 14.1. The minimum Gasteiger partial charge on any atom is -0.306 e. The van der Waals surface area contributed by atoms with E-state index >= 15 is 0 Å². The highest BCUT2D eigenvalue weighted by atomic mass is 127. The second-order valence-electron chi connectivity index (χ2n) is 5.49. The average molecular weight is 423 g/mol. The lowest BCUT2D eigenvalue weighted by Gasteiger charge is -2.19. The molecule has 1 N–H and O–H groups in total. The molecule has 1 heterocycles. The monoisotopic (exact) mass is 422 g/mol. The van der Waals surface area contributed by atoms with Gasteiger partial charge in [0.1, 0.15) is 9.39 Å². The molecule has 0 unspecified atom stereocenters. The molecule has 1 aromatic carbocycles. The number of hydrogen-bond acceptors (Lipinski definition) is 2. The van der Waals surface area contributed by atoms with E-state index in [1.165, 1.54) is 0 Å². The van der Waals surface area contributed by atoms with Crippen LogP contribution in [0.3, 0.4) is 0 Å². The summed E-state index contributed by atoms with van der Waals surface area (Å²) in [4.78, 5) is 19.4. The number of nitrogens with one attached hydrogen (secondary N) is 1. The minimum atomic E-state index is -0.220. The maximum absolute atomic E-state index is 12.1. The molecule has 6 heteroatoms. The lowest BCUT2D eigenvalue weighted by molar-refractivity contribution is 0.562. The first-order valence-electron chi connectivity index (χ1n) is 5.95. The first-order chi connectivity index (χ1) is 9.18. The largest absolute Gasteiger partial charge is 0.306 e. The van der Waals surface area contributed by atoms with E-state index < -0.39 is 0 Å². The van der Waals surface area contributed by atoms with Crippen molar-refractivity contribution >= 4 is 45.8 Å². The summed E-state index contributed by atoms with van der Waals surface area (Å²) in [5.74, 6) is 0.477. The summed E-state index contributed by atoms with van der Waals surface area (Å²) in [6, 6.07) is 5.10. The molecule has 0 aliphatic rings. The maximum atomic E-state index is 12.1. The van der Waals surface area contributed by atoms with E-state index in [4.69, 9.17) is 23.2 Å². The van der Waals surface area contributed by atoms with Gasteiger partial charge in [0.15, 0.2) is 0 Å². The Morgan fingerprint density at radius 1 is 1.15 bits per heavy atom. The zero-order valence-electron chi connectivity index (χ0n) is 11.2. The van der Waals surface area contributed by atoms with Crippen LogP contribution in [0.25, 0.3) is 11.4 Å². The van der Waals surface area contributed by atoms with Crippen LogP contribution in [0.15, 0.2) is 23.0 Å². The smallest absolute Gasteiger partial charge is 0.264 e. The van der Waals surface area contributed by atoms with Crippen LogP contribution in [-0.2, 0) is 5.41 Å². The van der Waals surface area contributed by atoms with Crippen LogP contribution < -0.4 is 5.56 Å². The summed E-state index contributed by atoms with van der Waals surface area (Å²) in [5, 5.41) is 1.01. The van der Waals surface area contributed by atoms with Gasteiger partial charge in [0.25, 0.3) is 5.56 Å². The molecule has 0 radical (unpaired) electrons. The van der Waals surface area contributed by atoms with Crippen molar-refractivity contribution in [2.24, 2.45) is 0 Å². The van der Waals surface area contributed by atoms with Crippen molar-refractivity contribution in [3.05, 3.63) is 47.9 Å². The summed E-state index contributed by atoms with van der Waals surface area (Å²) in [5.41, 5.74) is 1.08. The molecule has 0 saturated heterocycles. The maximum Gasteiger partial charge on any atom is 0.264 e. The molecule has 1 aromatic heterocycles. The Balaban J connectivity index is 2.70. The Bertz CT molecular complexity index is 700. The van der Waals surface area contributed by atoms with Gasteiger partial charge in [-0.2, -0.15) is 0 Å². The van der Waals surface area contributed by atoms with Crippen molar-refractivity contribution < 1.29 is 0 Å². The van der Waals surface area contributed by atoms with Gasteiger partial charge in [0.2, 0.25) is 0 Å². The quantitative estimate of drug-likeness (QED) is 0.680. The van der Waals surface area contributed by atoms with E-state index in [2.05, 4.69) is 9.97 Å². The molecular formula is C14H13Cl2IN2O. The molecular weight excluding hydrogens is 410 g/mol. The second kappa shape index (κ2) is 5.66. The highest BCUT2D eigenvalue weighted by Gasteiger charge is 2.22. The van der Waals surface area contributed by atoms with Crippen LogP contribution in [-0.4, -0.2) is 9.97 Å². The predicted molar refractivity (Wildman–Crippen MR) is 91.7 cm³/mol. The first kappa shape index (κ1) is 15.8. The number of aromatic nitrogens is 2. The number of hydrogen-bond donors (Lipinski definition) is 1. The van der Waals surface area contributed by atoms with Crippen LogP contribution in [0.4, 0.5) is 0 Å². The number of rotatable bonds is 1. The standard InChI is InChI=1S/C14H13Cl2IN2O/c1-14(2,3)11-10(17)13(20)19-12(18-11)7-4-8(15)6-9(16)5-7/h4-6H,1-3H3,(H,18,19,20). The van der Waals surface area contributed by atoms with Crippen molar-refractivity contribution in [1.29, 1.82) is 0 Å². The Morgan fingerprint density at radius 3 is 2.20 bits per heavy atom. The summed E-state index contributed by atoms with van der Waals surface area (Å²) < 4.78 is 0.604. The predicted octanol–water partition coefficient (Wildman–Crippen LogP) is 4.65. The molecule has 20 heavy (non-hydrogen) atoms. The summed E-state index contributed by atoms with van der Waals surface area (Å²) in [6.45, 7) is 6.06. The van der Waals surface area contributed by atoms with Gasteiger partial charge in [0, 0.05) is 21.0 Å². The molecule has 106 valence electrons. The second-order valence-corrected chi connectivity index (χ2v) is 7.44. The summed E-state index contributed by atoms with van der Waals surface area (Å²) >= 11 is 14.0. The van der Waals surface area contributed by atoms with Gasteiger partial charge >= 0.3 is 0 Å². The summed E-state index contributed by atoms with van der Waals surface area (Å²) in [7, 11) is 0. The van der Waals surface area contributed by atoms with Crippen molar-refractivity contribution in [1.82, 2.24) is 9.97 Å². The fourth-order valence-electron chi connectivity index (χ4n) is 1.78. The highest BCUT2D eigenvalue weighted by Crippen LogP contribution is 2.28. The number of aromatic amines is 1. The van der Waals surface area contributed by atoms with E-state index in [0.29, 0.717) is 25.0 Å². The van der Waals surface area contributed by atoms with E-state index in [1.807, 2.05) is 43.4 Å². The van der Waals surface area contributed by atoms with E-state index in [9.17, 15) is 4.79 Å². The molecule has 0 aliphatic heterocycles. The molecule has 0 saturated carbocycles. The van der Waals surface area contributed by atoms with Crippen molar-refractivity contribution in [2.45, 2.75) is 26.2 Å². The fraction of sp³-hybridized carbons (Fsp3) is 0.286. The number of halogens is 3.